The van der Waals surface area contributed by atoms with Gasteiger partial charge in [0, 0.05) is 31.6 Å². The Labute approximate surface area is 182 Å². The fourth-order valence-electron chi connectivity index (χ4n) is 3.72. The Morgan fingerprint density at radius 3 is 2.52 bits per heavy atom. The average molecular weight is 446 g/mol. The van der Waals surface area contributed by atoms with Crippen LogP contribution in [0.1, 0.15) is 32.6 Å². The van der Waals surface area contributed by atoms with Gasteiger partial charge < -0.3 is 15.4 Å². The number of piperidine rings is 1. The van der Waals surface area contributed by atoms with Crippen LogP contribution in [0, 0.1) is 0 Å². The van der Waals surface area contributed by atoms with Crippen LogP contribution >= 0.6 is 0 Å². The first kappa shape index (κ1) is 22.8. The summed E-state index contributed by atoms with van der Waals surface area (Å²) in [5.41, 5.74) is 0.932. The minimum atomic E-state index is -3.68. The van der Waals surface area contributed by atoms with E-state index in [0.717, 1.165) is 12.8 Å². The highest BCUT2D eigenvalue weighted by Crippen LogP contribution is 2.30. The topological polar surface area (TPSA) is 105 Å². The van der Waals surface area contributed by atoms with Crippen LogP contribution in [0.5, 0.6) is 5.75 Å². The number of nitrogens with one attached hydrogen (secondary N) is 2. The summed E-state index contributed by atoms with van der Waals surface area (Å²) in [5.74, 6) is -0.107. The van der Waals surface area contributed by atoms with E-state index in [1.807, 2.05) is 0 Å². The normalized spacial score (nSPS) is 17.0. The molecule has 31 heavy (non-hydrogen) atoms. The Morgan fingerprint density at radius 2 is 1.84 bits per heavy atom. The molecule has 2 aromatic carbocycles. The molecule has 0 spiro atoms. The summed E-state index contributed by atoms with van der Waals surface area (Å²) >= 11 is 0. The highest BCUT2D eigenvalue weighted by Gasteiger charge is 2.34. The second-order valence-electron chi connectivity index (χ2n) is 7.43. The third-order valence-corrected chi connectivity index (χ3v) is 7.10. The SMILES string of the molecule is COc1ccc(NC(C)=O)cc1NC(=O)CC1CCCCN1S(=O)(=O)c1ccccc1. The summed E-state index contributed by atoms with van der Waals surface area (Å²) in [5, 5.41) is 5.46. The molecule has 0 aromatic heterocycles. The smallest absolute Gasteiger partial charge is 0.243 e. The molecule has 2 amide bonds. The highest BCUT2D eigenvalue weighted by atomic mass is 32.2. The first-order valence-electron chi connectivity index (χ1n) is 10.1. The number of carbonyl (C=O) groups excluding carboxylic acids is 2. The first-order valence-corrected chi connectivity index (χ1v) is 11.6. The number of rotatable bonds is 7. The summed E-state index contributed by atoms with van der Waals surface area (Å²) < 4.78 is 33.0. The molecule has 9 heteroatoms. The monoisotopic (exact) mass is 445 g/mol. The fraction of sp³-hybridized carbons (Fsp3) is 0.364. The number of hydrogen-bond donors (Lipinski definition) is 2. The van der Waals surface area contributed by atoms with Crippen molar-refractivity contribution in [1.82, 2.24) is 4.31 Å². The van der Waals surface area contributed by atoms with Crippen LogP contribution in [0.25, 0.3) is 0 Å². The summed E-state index contributed by atoms with van der Waals surface area (Å²) in [6.07, 6.45) is 2.26. The van der Waals surface area contributed by atoms with E-state index in [1.165, 1.54) is 18.3 Å². The minimum absolute atomic E-state index is 0.0274. The Bertz CT molecular complexity index is 1040. The van der Waals surface area contributed by atoms with Crippen LogP contribution < -0.4 is 15.4 Å². The molecule has 8 nitrogen and oxygen atoms in total. The zero-order valence-corrected chi connectivity index (χ0v) is 18.4. The van der Waals surface area contributed by atoms with Gasteiger partial charge >= 0.3 is 0 Å². The lowest BCUT2D eigenvalue weighted by Crippen LogP contribution is -2.45. The second kappa shape index (κ2) is 9.93. The van der Waals surface area contributed by atoms with Crippen molar-refractivity contribution in [2.45, 2.75) is 43.5 Å². The number of methoxy groups -OCH3 is 1. The van der Waals surface area contributed by atoms with Gasteiger partial charge in [0.25, 0.3) is 0 Å². The van der Waals surface area contributed by atoms with E-state index < -0.39 is 16.1 Å². The quantitative estimate of drug-likeness (QED) is 0.681. The van der Waals surface area contributed by atoms with Gasteiger partial charge in [-0.3, -0.25) is 9.59 Å². The van der Waals surface area contributed by atoms with Crippen LogP contribution in [0.15, 0.2) is 53.4 Å². The molecular formula is C22H27N3O5S. The zero-order chi connectivity index (χ0) is 22.4. The van der Waals surface area contributed by atoms with Gasteiger partial charge in [0.05, 0.1) is 17.7 Å². The third-order valence-electron chi connectivity index (χ3n) is 5.14. The van der Waals surface area contributed by atoms with Crippen molar-refractivity contribution in [3.8, 4) is 5.75 Å². The molecule has 1 aliphatic rings. The zero-order valence-electron chi connectivity index (χ0n) is 17.6. The molecule has 1 fully saturated rings. The Hall–Kier alpha value is -2.91. The van der Waals surface area contributed by atoms with E-state index in [4.69, 9.17) is 4.74 Å². The summed E-state index contributed by atoms with van der Waals surface area (Å²) in [6, 6.07) is 12.8. The van der Waals surface area contributed by atoms with Crippen LogP contribution in [-0.2, 0) is 19.6 Å². The predicted octanol–water partition coefficient (Wildman–Crippen LogP) is 3.23. The molecule has 1 aliphatic heterocycles. The first-order chi connectivity index (χ1) is 14.8. The Kier molecular flexibility index (Phi) is 7.29. The van der Waals surface area contributed by atoms with E-state index in [9.17, 15) is 18.0 Å². The van der Waals surface area contributed by atoms with Crippen LogP contribution in [0.4, 0.5) is 11.4 Å². The average Bonchev–Trinajstić information content (AvgIpc) is 2.74. The minimum Gasteiger partial charge on any atom is -0.495 e. The maximum Gasteiger partial charge on any atom is 0.243 e. The van der Waals surface area contributed by atoms with E-state index in [-0.39, 0.29) is 23.1 Å². The van der Waals surface area contributed by atoms with Crippen molar-refractivity contribution >= 4 is 33.2 Å². The van der Waals surface area contributed by atoms with Gasteiger partial charge in [-0.2, -0.15) is 4.31 Å². The maximum absolute atomic E-state index is 13.1. The number of hydrogen-bond acceptors (Lipinski definition) is 5. The fourth-order valence-corrected chi connectivity index (χ4v) is 5.44. The lowest BCUT2D eigenvalue weighted by Gasteiger charge is -2.34. The van der Waals surface area contributed by atoms with E-state index in [2.05, 4.69) is 10.6 Å². The maximum atomic E-state index is 13.1. The molecule has 1 heterocycles. The van der Waals surface area contributed by atoms with Gasteiger partial charge in [0.1, 0.15) is 5.75 Å². The van der Waals surface area contributed by atoms with Gasteiger partial charge in [-0.15, -0.1) is 0 Å². The molecular weight excluding hydrogens is 418 g/mol. The molecule has 1 atom stereocenters. The van der Waals surface area contributed by atoms with Crippen molar-refractivity contribution in [1.29, 1.82) is 0 Å². The van der Waals surface area contributed by atoms with Crippen LogP contribution in [-0.4, -0.2) is 44.2 Å². The van der Waals surface area contributed by atoms with Crippen molar-refractivity contribution in [2.75, 3.05) is 24.3 Å². The third kappa shape index (κ3) is 5.62. The number of ether oxygens (including phenoxy) is 1. The Morgan fingerprint density at radius 1 is 1.10 bits per heavy atom. The van der Waals surface area contributed by atoms with Gasteiger partial charge in [-0.05, 0) is 43.2 Å². The number of benzene rings is 2. The van der Waals surface area contributed by atoms with Crippen molar-refractivity contribution in [3.63, 3.8) is 0 Å². The number of carbonyl (C=O) groups is 2. The predicted molar refractivity (Wildman–Crippen MR) is 119 cm³/mol. The van der Waals surface area contributed by atoms with Gasteiger partial charge in [0.15, 0.2) is 0 Å². The van der Waals surface area contributed by atoms with E-state index in [1.54, 1.807) is 48.5 Å². The molecule has 0 aliphatic carbocycles. The molecule has 166 valence electrons. The molecule has 1 unspecified atom stereocenters. The lowest BCUT2D eigenvalue weighted by molar-refractivity contribution is -0.117. The van der Waals surface area contributed by atoms with Crippen molar-refractivity contribution < 1.29 is 22.7 Å². The second-order valence-corrected chi connectivity index (χ2v) is 9.32. The number of anilines is 2. The Balaban J connectivity index is 1.76. The standard InChI is InChI=1S/C22H27N3O5S/c1-16(26)23-17-11-12-21(30-2)20(14-17)24-22(27)15-18-8-6-7-13-25(18)31(28,29)19-9-4-3-5-10-19/h3-5,9-12,14,18H,6-8,13,15H2,1-2H3,(H,23,26)(H,24,27). The molecule has 1 saturated heterocycles. The highest BCUT2D eigenvalue weighted by molar-refractivity contribution is 7.89. The van der Waals surface area contributed by atoms with Crippen molar-refractivity contribution in [2.24, 2.45) is 0 Å². The summed E-state index contributed by atoms with van der Waals surface area (Å²) in [7, 11) is -2.20. The molecule has 0 bridgehead atoms. The molecule has 2 N–H and O–H groups in total. The van der Waals surface area contributed by atoms with E-state index in [0.29, 0.717) is 30.1 Å². The van der Waals surface area contributed by atoms with Gasteiger partial charge in [-0.1, -0.05) is 24.6 Å². The molecule has 0 saturated carbocycles. The lowest BCUT2D eigenvalue weighted by atomic mass is 10.0. The summed E-state index contributed by atoms with van der Waals surface area (Å²) in [6.45, 7) is 1.78. The van der Waals surface area contributed by atoms with E-state index >= 15 is 0 Å². The van der Waals surface area contributed by atoms with Gasteiger partial charge in [-0.25, -0.2) is 8.42 Å². The van der Waals surface area contributed by atoms with Gasteiger partial charge in [0.2, 0.25) is 21.8 Å². The number of sulfonamides is 1. The largest absolute Gasteiger partial charge is 0.495 e. The van der Waals surface area contributed by atoms with Crippen LogP contribution in [0.2, 0.25) is 0 Å². The number of amides is 2. The number of nitrogens with zero attached hydrogens (tertiary/aromatic N) is 1. The van der Waals surface area contributed by atoms with Crippen LogP contribution in [0.3, 0.4) is 0 Å². The molecule has 2 aromatic rings. The molecule has 0 radical (unpaired) electrons. The van der Waals surface area contributed by atoms with Crippen molar-refractivity contribution in [3.05, 3.63) is 48.5 Å². The summed E-state index contributed by atoms with van der Waals surface area (Å²) in [4.78, 5) is 24.4. The molecule has 3 rings (SSSR count).